The number of hydrogen-bond acceptors (Lipinski definition) is 3. The number of anilines is 1. The van der Waals surface area contributed by atoms with E-state index < -0.39 is 10.8 Å². The van der Waals surface area contributed by atoms with Crippen molar-refractivity contribution in [2.45, 2.75) is 10.6 Å². The Morgan fingerprint density at radius 3 is 2.56 bits per heavy atom. The van der Waals surface area contributed by atoms with Crippen LogP contribution in [0.4, 0.5) is 5.69 Å². The van der Waals surface area contributed by atoms with Crippen LogP contribution in [-0.4, -0.2) is 4.21 Å². The SMILES string of the molecule is N#Cc1cccc(CS(=O)c2ccc(N)cc2)c1. The van der Waals surface area contributed by atoms with Crippen molar-refractivity contribution in [1.29, 1.82) is 5.26 Å². The molecule has 0 heterocycles. The van der Waals surface area contributed by atoms with Gasteiger partial charge in [0.1, 0.15) is 0 Å². The first-order valence-electron chi connectivity index (χ1n) is 5.42. The summed E-state index contributed by atoms with van der Waals surface area (Å²) >= 11 is 0. The van der Waals surface area contributed by atoms with Crippen molar-refractivity contribution in [2.75, 3.05) is 5.73 Å². The Hall–Kier alpha value is -2.12. The lowest BCUT2D eigenvalue weighted by atomic mass is 10.2. The van der Waals surface area contributed by atoms with Crippen LogP contribution in [0, 0.1) is 11.3 Å². The fraction of sp³-hybridized carbons (Fsp3) is 0.0714. The van der Waals surface area contributed by atoms with Crippen molar-refractivity contribution in [3.63, 3.8) is 0 Å². The third-order valence-corrected chi connectivity index (χ3v) is 3.89. The minimum Gasteiger partial charge on any atom is -0.399 e. The Bertz CT molecular complexity index is 614. The highest BCUT2D eigenvalue weighted by molar-refractivity contribution is 7.84. The van der Waals surface area contributed by atoms with E-state index in [1.165, 1.54) is 0 Å². The summed E-state index contributed by atoms with van der Waals surface area (Å²) in [6.45, 7) is 0. The highest BCUT2D eigenvalue weighted by Crippen LogP contribution is 2.15. The van der Waals surface area contributed by atoms with Gasteiger partial charge in [-0.25, -0.2) is 0 Å². The van der Waals surface area contributed by atoms with Crippen LogP contribution in [0.3, 0.4) is 0 Å². The lowest BCUT2D eigenvalue weighted by Gasteiger charge is -2.03. The van der Waals surface area contributed by atoms with Crippen molar-refractivity contribution >= 4 is 16.5 Å². The van der Waals surface area contributed by atoms with Crippen LogP contribution in [-0.2, 0) is 16.6 Å². The van der Waals surface area contributed by atoms with E-state index in [0.717, 1.165) is 10.5 Å². The molecule has 0 aromatic heterocycles. The molecule has 2 aromatic carbocycles. The van der Waals surface area contributed by atoms with Crippen molar-refractivity contribution in [2.24, 2.45) is 0 Å². The molecule has 0 aliphatic carbocycles. The van der Waals surface area contributed by atoms with Gasteiger partial charge in [-0.2, -0.15) is 5.26 Å². The average Bonchev–Trinajstić information content (AvgIpc) is 2.39. The van der Waals surface area contributed by atoms with Crippen molar-refractivity contribution in [3.8, 4) is 6.07 Å². The van der Waals surface area contributed by atoms with E-state index in [1.54, 1.807) is 42.5 Å². The summed E-state index contributed by atoms with van der Waals surface area (Å²) < 4.78 is 12.1. The summed E-state index contributed by atoms with van der Waals surface area (Å²) in [7, 11) is -1.12. The standard InChI is InChI=1S/C14H12N2OS/c15-9-11-2-1-3-12(8-11)10-18(17)14-6-4-13(16)5-7-14/h1-8H,10,16H2. The maximum atomic E-state index is 12.1. The van der Waals surface area contributed by atoms with Crippen LogP contribution in [0.1, 0.15) is 11.1 Å². The highest BCUT2D eigenvalue weighted by atomic mass is 32.2. The van der Waals surface area contributed by atoms with E-state index in [-0.39, 0.29) is 0 Å². The van der Waals surface area contributed by atoms with Gasteiger partial charge in [0.15, 0.2) is 0 Å². The van der Waals surface area contributed by atoms with Crippen LogP contribution in [0.5, 0.6) is 0 Å². The van der Waals surface area contributed by atoms with Gasteiger partial charge in [-0.05, 0) is 42.0 Å². The zero-order chi connectivity index (χ0) is 13.0. The molecule has 0 saturated heterocycles. The quantitative estimate of drug-likeness (QED) is 0.858. The number of nitrogens with zero attached hydrogens (tertiary/aromatic N) is 1. The Labute approximate surface area is 108 Å². The Balaban J connectivity index is 2.16. The molecule has 0 saturated carbocycles. The zero-order valence-corrected chi connectivity index (χ0v) is 10.5. The molecule has 1 atom stereocenters. The maximum Gasteiger partial charge on any atom is 0.0991 e. The molecule has 2 aromatic rings. The molecule has 90 valence electrons. The largest absolute Gasteiger partial charge is 0.399 e. The van der Waals surface area contributed by atoms with E-state index in [1.807, 2.05) is 6.07 Å². The van der Waals surface area contributed by atoms with E-state index in [0.29, 0.717) is 17.0 Å². The van der Waals surface area contributed by atoms with Gasteiger partial charge in [-0.15, -0.1) is 0 Å². The van der Waals surface area contributed by atoms with Crippen LogP contribution in [0.2, 0.25) is 0 Å². The number of nitrogens with two attached hydrogens (primary N) is 1. The molecular formula is C14H12N2OS. The molecule has 1 unspecified atom stereocenters. The molecule has 4 heteroatoms. The first-order valence-corrected chi connectivity index (χ1v) is 6.74. The van der Waals surface area contributed by atoms with Gasteiger partial charge in [0, 0.05) is 10.6 Å². The fourth-order valence-electron chi connectivity index (χ4n) is 1.58. The monoisotopic (exact) mass is 256 g/mol. The summed E-state index contributed by atoms with van der Waals surface area (Å²) in [5.41, 5.74) is 7.71. The molecule has 0 bridgehead atoms. The van der Waals surface area contributed by atoms with Gasteiger partial charge in [0.25, 0.3) is 0 Å². The Kier molecular flexibility index (Phi) is 3.75. The molecule has 0 fully saturated rings. The summed E-state index contributed by atoms with van der Waals surface area (Å²) in [6, 6.07) is 16.2. The van der Waals surface area contributed by atoms with Gasteiger partial charge in [-0.1, -0.05) is 12.1 Å². The van der Waals surface area contributed by atoms with Crippen molar-refractivity contribution in [3.05, 3.63) is 59.7 Å². The molecule has 0 amide bonds. The number of rotatable bonds is 3. The topological polar surface area (TPSA) is 66.9 Å². The van der Waals surface area contributed by atoms with Crippen LogP contribution < -0.4 is 5.73 Å². The van der Waals surface area contributed by atoms with Crippen LogP contribution >= 0.6 is 0 Å². The molecule has 18 heavy (non-hydrogen) atoms. The smallest absolute Gasteiger partial charge is 0.0991 e. The molecular weight excluding hydrogens is 244 g/mol. The van der Waals surface area contributed by atoms with Crippen LogP contribution in [0.25, 0.3) is 0 Å². The average molecular weight is 256 g/mol. The second kappa shape index (κ2) is 5.48. The number of nitrogen functional groups attached to an aromatic ring is 1. The second-order valence-corrected chi connectivity index (χ2v) is 5.32. The van der Waals surface area contributed by atoms with Gasteiger partial charge in [0.2, 0.25) is 0 Å². The molecule has 0 spiro atoms. The van der Waals surface area contributed by atoms with Crippen molar-refractivity contribution in [1.82, 2.24) is 0 Å². The van der Waals surface area contributed by atoms with E-state index in [4.69, 9.17) is 11.0 Å². The van der Waals surface area contributed by atoms with E-state index in [2.05, 4.69) is 6.07 Å². The third kappa shape index (κ3) is 2.96. The van der Waals surface area contributed by atoms with Gasteiger partial charge in [-0.3, -0.25) is 4.21 Å². The predicted octanol–water partition coefficient (Wildman–Crippen LogP) is 2.45. The molecule has 0 aliphatic rings. The number of nitriles is 1. The summed E-state index contributed by atoms with van der Waals surface area (Å²) in [6.07, 6.45) is 0. The van der Waals surface area contributed by atoms with Gasteiger partial charge in [0.05, 0.1) is 28.2 Å². The van der Waals surface area contributed by atoms with E-state index >= 15 is 0 Å². The normalized spacial score (nSPS) is 11.7. The van der Waals surface area contributed by atoms with Crippen molar-refractivity contribution < 1.29 is 4.21 Å². The first kappa shape index (κ1) is 12.3. The van der Waals surface area contributed by atoms with E-state index in [9.17, 15) is 4.21 Å². The summed E-state index contributed by atoms with van der Waals surface area (Å²) in [5, 5.41) is 8.80. The minimum absolute atomic E-state index is 0.402. The molecule has 0 aliphatic heterocycles. The third-order valence-electron chi connectivity index (χ3n) is 2.50. The summed E-state index contributed by atoms with van der Waals surface area (Å²) in [4.78, 5) is 0.742. The number of benzene rings is 2. The first-order chi connectivity index (χ1) is 8.69. The summed E-state index contributed by atoms with van der Waals surface area (Å²) in [5.74, 6) is 0.402. The fourth-order valence-corrected chi connectivity index (χ4v) is 2.67. The Morgan fingerprint density at radius 1 is 1.17 bits per heavy atom. The highest BCUT2D eigenvalue weighted by Gasteiger charge is 2.05. The molecule has 2 N–H and O–H groups in total. The molecule has 0 radical (unpaired) electrons. The lowest BCUT2D eigenvalue weighted by molar-refractivity contribution is 0.682. The Morgan fingerprint density at radius 2 is 1.89 bits per heavy atom. The maximum absolute atomic E-state index is 12.1. The van der Waals surface area contributed by atoms with Gasteiger partial charge >= 0.3 is 0 Å². The minimum atomic E-state index is -1.12. The van der Waals surface area contributed by atoms with Gasteiger partial charge < -0.3 is 5.73 Å². The van der Waals surface area contributed by atoms with Crippen LogP contribution in [0.15, 0.2) is 53.4 Å². The molecule has 2 rings (SSSR count). The lowest BCUT2D eigenvalue weighted by Crippen LogP contribution is -1.97. The zero-order valence-electron chi connectivity index (χ0n) is 9.67. The predicted molar refractivity (Wildman–Crippen MR) is 72.1 cm³/mol. The number of hydrogen-bond donors (Lipinski definition) is 1. The second-order valence-electron chi connectivity index (χ2n) is 3.87. The molecule has 3 nitrogen and oxygen atoms in total.